The molecule has 0 unspecified atom stereocenters. The molecule has 2 N–H and O–H groups in total. The normalized spacial score (nSPS) is 11.9. The van der Waals surface area contributed by atoms with Gasteiger partial charge in [-0.1, -0.05) is 0 Å². The molecule has 110 valence electrons. The molecule has 18 heavy (non-hydrogen) atoms. The number of rotatable bonds is 7. The van der Waals surface area contributed by atoms with Crippen molar-refractivity contribution in [2.45, 2.75) is 25.4 Å². The first-order valence-corrected chi connectivity index (χ1v) is 5.50. The van der Waals surface area contributed by atoms with Crippen LogP contribution in [0.25, 0.3) is 0 Å². The summed E-state index contributed by atoms with van der Waals surface area (Å²) >= 11 is 0. The van der Waals surface area contributed by atoms with Crippen LogP contribution in [0.4, 0.5) is 13.2 Å². The van der Waals surface area contributed by atoms with Gasteiger partial charge in [0.25, 0.3) is 0 Å². The third-order valence-electron chi connectivity index (χ3n) is 2.00. The number of halogens is 4. The van der Waals surface area contributed by atoms with Gasteiger partial charge in [0.1, 0.15) is 0 Å². The third-order valence-corrected chi connectivity index (χ3v) is 2.00. The molecule has 0 saturated heterocycles. The van der Waals surface area contributed by atoms with Crippen molar-refractivity contribution in [1.82, 2.24) is 10.6 Å². The number of unbranched alkanes of at least 4 members (excludes halogenated alkanes) is 1. The van der Waals surface area contributed by atoms with E-state index in [0.29, 0.717) is 32.1 Å². The van der Waals surface area contributed by atoms with Crippen molar-refractivity contribution in [3.8, 4) is 0 Å². The molecule has 0 amide bonds. The van der Waals surface area contributed by atoms with Crippen molar-refractivity contribution in [3.05, 3.63) is 0 Å². The molecule has 0 aliphatic heterocycles. The minimum Gasteiger partial charge on any atom is -0.383 e. The molecule has 0 atom stereocenters. The van der Waals surface area contributed by atoms with E-state index in [2.05, 4.69) is 15.6 Å². The van der Waals surface area contributed by atoms with Crippen LogP contribution in [0.2, 0.25) is 0 Å². The van der Waals surface area contributed by atoms with Gasteiger partial charge in [-0.25, -0.2) is 0 Å². The van der Waals surface area contributed by atoms with E-state index in [1.54, 1.807) is 14.2 Å². The summed E-state index contributed by atoms with van der Waals surface area (Å²) in [7, 11) is 3.20. The van der Waals surface area contributed by atoms with E-state index in [9.17, 15) is 13.2 Å². The summed E-state index contributed by atoms with van der Waals surface area (Å²) in [5.74, 6) is 0.578. The van der Waals surface area contributed by atoms with Crippen LogP contribution in [0.1, 0.15) is 19.3 Å². The fraction of sp³-hybridized carbons (Fsp3) is 0.900. The molecular formula is C10H21F3IN3O. The number of hydrogen-bond acceptors (Lipinski definition) is 2. The van der Waals surface area contributed by atoms with E-state index in [1.807, 2.05) is 0 Å². The van der Waals surface area contributed by atoms with Crippen molar-refractivity contribution < 1.29 is 17.9 Å². The van der Waals surface area contributed by atoms with Crippen LogP contribution in [0.15, 0.2) is 4.99 Å². The molecule has 0 aromatic carbocycles. The Hall–Kier alpha value is -0.250. The maximum absolute atomic E-state index is 11.8. The summed E-state index contributed by atoms with van der Waals surface area (Å²) in [4.78, 5) is 3.92. The van der Waals surface area contributed by atoms with Gasteiger partial charge in [-0.05, 0) is 12.8 Å². The molecule has 0 aliphatic carbocycles. The maximum atomic E-state index is 11.8. The zero-order valence-corrected chi connectivity index (χ0v) is 13.0. The SMILES string of the molecule is CN=C(NCCCCC(F)(F)F)NCCOC.I. The summed E-state index contributed by atoms with van der Waals surface area (Å²) in [6, 6.07) is 0. The summed E-state index contributed by atoms with van der Waals surface area (Å²) in [6.07, 6.45) is -4.20. The highest BCUT2D eigenvalue weighted by Gasteiger charge is 2.25. The molecule has 0 spiro atoms. The van der Waals surface area contributed by atoms with Crippen molar-refractivity contribution in [2.75, 3.05) is 33.9 Å². The second-order valence-corrected chi connectivity index (χ2v) is 3.49. The minimum absolute atomic E-state index is 0. The number of hydrogen-bond donors (Lipinski definition) is 2. The third kappa shape index (κ3) is 13.8. The number of nitrogens with one attached hydrogen (secondary N) is 2. The molecule has 0 heterocycles. The number of ether oxygens (including phenoxy) is 1. The van der Waals surface area contributed by atoms with Gasteiger partial charge in [-0.15, -0.1) is 24.0 Å². The second-order valence-electron chi connectivity index (χ2n) is 3.49. The smallest absolute Gasteiger partial charge is 0.383 e. The van der Waals surface area contributed by atoms with Crippen LogP contribution >= 0.6 is 24.0 Å². The number of guanidine groups is 1. The lowest BCUT2D eigenvalue weighted by Crippen LogP contribution is -2.39. The molecule has 0 fully saturated rings. The van der Waals surface area contributed by atoms with E-state index >= 15 is 0 Å². The molecule has 0 bridgehead atoms. The molecule has 4 nitrogen and oxygen atoms in total. The lowest BCUT2D eigenvalue weighted by Gasteiger charge is -2.11. The topological polar surface area (TPSA) is 45.7 Å². The van der Waals surface area contributed by atoms with Crippen molar-refractivity contribution in [3.63, 3.8) is 0 Å². The lowest BCUT2D eigenvalue weighted by atomic mass is 10.2. The van der Waals surface area contributed by atoms with Crippen LogP contribution in [0.5, 0.6) is 0 Å². The van der Waals surface area contributed by atoms with Crippen molar-refractivity contribution >= 4 is 29.9 Å². The molecule has 8 heteroatoms. The Bertz CT molecular complexity index is 225. The van der Waals surface area contributed by atoms with Gasteiger partial charge in [0.15, 0.2) is 5.96 Å². The molecule has 0 radical (unpaired) electrons. The average molecular weight is 383 g/mol. The Morgan fingerprint density at radius 2 is 1.78 bits per heavy atom. The van der Waals surface area contributed by atoms with Gasteiger partial charge in [0.2, 0.25) is 0 Å². The number of alkyl halides is 3. The van der Waals surface area contributed by atoms with E-state index in [4.69, 9.17) is 4.74 Å². The standard InChI is InChI=1S/C10H20F3N3O.HI/c1-14-9(16-7-8-17-2)15-6-4-3-5-10(11,12)13;/h3-8H2,1-2H3,(H2,14,15,16);1H. The molecule has 0 aromatic rings. The van der Waals surface area contributed by atoms with E-state index < -0.39 is 12.6 Å². The maximum Gasteiger partial charge on any atom is 0.389 e. The van der Waals surface area contributed by atoms with Gasteiger partial charge < -0.3 is 15.4 Å². The lowest BCUT2D eigenvalue weighted by molar-refractivity contribution is -0.135. The molecule has 0 saturated carbocycles. The zero-order valence-electron chi connectivity index (χ0n) is 10.6. The Balaban J connectivity index is 0. The summed E-state index contributed by atoms with van der Waals surface area (Å²) in [5.41, 5.74) is 0. The highest BCUT2D eigenvalue weighted by atomic mass is 127. The largest absolute Gasteiger partial charge is 0.389 e. The summed E-state index contributed by atoms with van der Waals surface area (Å²) in [5, 5.41) is 5.90. The molecule has 0 aromatic heterocycles. The predicted octanol–water partition coefficient (Wildman–Crippen LogP) is 2.15. The van der Waals surface area contributed by atoms with Gasteiger partial charge in [-0.3, -0.25) is 4.99 Å². The Labute approximate surface area is 123 Å². The molecule has 0 aliphatic rings. The van der Waals surface area contributed by atoms with Gasteiger partial charge in [-0.2, -0.15) is 13.2 Å². The quantitative estimate of drug-likeness (QED) is 0.307. The first-order valence-electron chi connectivity index (χ1n) is 5.50. The van der Waals surface area contributed by atoms with Gasteiger partial charge in [0, 0.05) is 33.7 Å². The fourth-order valence-electron chi connectivity index (χ4n) is 1.15. The van der Waals surface area contributed by atoms with Crippen LogP contribution in [0.3, 0.4) is 0 Å². The summed E-state index contributed by atoms with van der Waals surface area (Å²) in [6.45, 7) is 1.64. The Kier molecular flexibility index (Phi) is 13.2. The number of aliphatic imine (C=N–C) groups is 1. The van der Waals surface area contributed by atoms with Crippen molar-refractivity contribution in [2.24, 2.45) is 4.99 Å². The molecule has 0 rings (SSSR count). The van der Waals surface area contributed by atoms with E-state index in [0.717, 1.165) is 0 Å². The monoisotopic (exact) mass is 383 g/mol. The first kappa shape index (κ1) is 20.1. The van der Waals surface area contributed by atoms with Gasteiger partial charge >= 0.3 is 6.18 Å². The second kappa shape index (κ2) is 11.8. The van der Waals surface area contributed by atoms with Crippen LogP contribution in [-0.2, 0) is 4.74 Å². The fourth-order valence-corrected chi connectivity index (χ4v) is 1.15. The highest BCUT2D eigenvalue weighted by molar-refractivity contribution is 14.0. The van der Waals surface area contributed by atoms with Crippen LogP contribution in [0, 0.1) is 0 Å². The summed E-state index contributed by atoms with van der Waals surface area (Å²) < 4.78 is 40.4. The van der Waals surface area contributed by atoms with Crippen molar-refractivity contribution in [1.29, 1.82) is 0 Å². The van der Waals surface area contributed by atoms with E-state index in [-0.39, 0.29) is 30.4 Å². The minimum atomic E-state index is -4.06. The zero-order chi connectivity index (χ0) is 13.1. The van der Waals surface area contributed by atoms with E-state index in [1.165, 1.54) is 0 Å². The Morgan fingerprint density at radius 3 is 2.28 bits per heavy atom. The average Bonchev–Trinajstić information content (AvgIpc) is 2.25. The Morgan fingerprint density at radius 1 is 1.17 bits per heavy atom. The van der Waals surface area contributed by atoms with Crippen LogP contribution < -0.4 is 10.6 Å². The number of methoxy groups -OCH3 is 1. The van der Waals surface area contributed by atoms with Gasteiger partial charge in [0.05, 0.1) is 6.61 Å². The predicted molar refractivity (Wildman–Crippen MR) is 76.6 cm³/mol. The molecular weight excluding hydrogens is 362 g/mol. The van der Waals surface area contributed by atoms with Crippen LogP contribution in [-0.4, -0.2) is 46.0 Å². The first-order chi connectivity index (χ1) is 7.99. The highest BCUT2D eigenvalue weighted by Crippen LogP contribution is 2.21. The number of nitrogens with zero attached hydrogens (tertiary/aromatic N) is 1.